The number of hydrogen-bond acceptors (Lipinski definition) is 8. The van der Waals surface area contributed by atoms with E-state index in [0.717, 1.165) is 26.8 Å². The SMILES string of the molecule is COc1ccc(C2c3sc(=O)[nH]c3SC3C4CC(C5C(=O)N(CC(=O)Nc6ccc(F)cc6)C(=O)C45)C23)cc1OC. The van der Waals surface area contributed by atoms with Gasteiger partial charge in [-0.2, -0.15) is 0 Å². The second-order valence-corrected chi connectivity index (χ2v) is 13.1. The Hall–Kier alpha value is -3.64. The van der Waals surface area contributed by atoms with Gasteiger partial charge in [-0.25, -0.2) is 4.39 Å². The van der Waals surface area contributed by atoms with E-state index in [2.05, 4.69) is 10.3 Å². The number of likely N-dealkylation sites (tertiary alicyclic amines) is 1. The molecule has 3 aromatic rings. The van der Waals surface area contributed by atoms with Crippen LogP contribution in [0.4, 0.5) is 10.1 Å². The summed E-state index contributed by atoms with van der Waals surface area (Å²) in [5.74, 6) is -1.66. The Morgan fingerprint density at radius 3 is 2.44 bits per heavy atom. The van der Waals surface area contributed by atoms with Gasteiger partial charge in [-0.15, -0.1) is 11.8 Å². The van der Waals surface area contributed by atoms with Crippen molar-refractivity contribution in [2.24, 2.45) is 29.6 Å². The highest BCUT2D eigenvalue weighted by molar-refractivity contribution is 8.00. The fourth-order valence-electron chi connectivity index (χ4n) is 7.53. The van der Waals surface area contributed by atoms with E-state index in [0.29, 0.717) is 17.2 Å². The van der Waals surface area contributed by atoms with Gasteiger partial charge in [-0.05, 0) is 66.1 Å². The molecule has 2 N–H and O–H groups in total. The lowest BCUT2D eigenvalue weighted by atomic mass is 9.68. The number of amides is 3. The number of anilines is 1. The van der Waals surface area contributed by atoms with Gasteiger partial charge in [0.1, 0.15) is 12.4 Å². The van der Waals surface area contributed by atoms with Crippen LogP contribution < -0.4 is 19.7 Å². The molecule has 2 saturated carbocycles. The topological polar surface area (TPSA) is 118 Å². The van der Waals surface area contributed by atoms with E-state index in [9.17, 15) is 23.6 Å². The number of fused-ring (bicyclic) bond motifs is 9. The van der Waals surface area contributed by atoms with Crippen molar-refractivity contribution in [1.82, 2.24) is 9.88 Å². The van der Waals surface area contributed by atoms with Gasteiger partial charge in [-0.3, -0.25) is 24.1 Å². The Morgan fingerprint density at radius 2 is 1.73 bits per heavy atom. The number of imide groups is 1. The zero-order valence-electron chi connectivity index (χ0n) is 22.1. The summed E-state index contributed by atoms with van der Waals surface area (Å²) in [5.41, 5.74) is 1.35. The second-order valence-electron chi connectivity index (χ2n) is 10.9. The highest BCUT2D eigenvalue weighted by Gasteiger charge is 2.69. The molecule has 7 atom stereocenters. The number of hydrogen-bond donors (Lipinski definition) is 2. The molecule has 3 heterocycles. The molecular weight excluding hydrogens is 569 g/mol. The van der Waals surface area contributed by atoms with Crippen LogP contribution >= 0.6 is 23.1 Å². The number of carbonyl (C=O) groups is 3. The third kappa shape index (κ3) is 4.02. The zero-order valence-corrected chi connectivity index (χ0v) is 23.7. The average Bonchev–Trinajstić information content (AvgIpc) is 3.70. The molecule has 2 aliphatic heterocycles. The molecule has 3 amide bonds. The number of carbonyl (C=O) groups excluding carboxylic acids is 3. The van der Waals surface area contributed by atoms with E-state index >= 15 is 0 Å². The summed E-state index contributed by atoms with van der Waals surface area (Å²) >= 11 is 2.79. The molecule has 4 aliphatic rings. The van der Waals surface area contributed by atoms with E-state index in [1.165, 1.54) is 35.6 Å². The molecule has 212 valence electrons. The van der Waals surface area contributed by atoms with Crippen LogP contribution in [0.25, 0.3) is 0 Å². The number of aromatic amines is 1. The highest BCUT2D eigenvalue weighted by atomic mass is 32.2. The van der Waals surface area contributed by atoms with E-state index in [1.54, 1.807) is 26.0 Å². The number of methoxy groups -OCH3 is 2. The van der Waals surface area contributed by atoms with E-state index in [-0.39, 0.29) is 52.2 Å². The van der Waals surface area contributed by atoms with E-state index < -0.39 is 23.6 Å². The van der Waals surface area contributed by atoms with Crippen molar-refractivity contribution in [1.29, 1.82) is 0 Å². The van der Waals surface area contributed by atoms with Crippen molar-refractivity contribution in [3.05, 3.63) is 68.4 Å². The Labute approximate surface area is 242 Å². The quantitative estimate of drug-likeness (QED) is 0.418. The normalized spacial score (nSPS) is 29.2. The molecule has 2 bridgehead atoms. The van der Waals surface area contributed by atoms with Crippen molar-refractivity contribution < 1.29 is 28.2 Å². The molecule has 7 unspecified atom stereocenters. The molecule has 1 aromatic heterocycles. The third-order valence-corrected chi connectivity index (χ3v) is 11.6. The van der Waals surface area contributed by atoms with Gasteiger partial charge >= 0.3 is 4.87 Å². The second kappa shape index (κ2) is 9.73. The number of aromatic nitrogens is 1. The largest absolute Gasteiger partial charge is 0.493 e. The first kappa shape index (κ1) is 26.3. The summed E-state index contributed by atoms with van der Waals surface area (Å²) in [6.07, 6.45) is 0.744. The van der Waals surface area contributed by atoms with E-state index in [4.69, 9.17) is 9.47 Å². The predicted octanol–water partition coefficient (Wildman–Crippen LogP) is 3.70. The lowest BCUT2D eigenvalue weighted by Crippen LogP contribution is -2.42. The van der Waals surface area contributed by atoms with Crippen LogP contribution in [-0.2, 0) is 14.4 Å². The zero-order chi connectivity index (χ0) is 28.6. The Bertz CT molecular complexity index is 1640. The summed E-state index contributed by atoms with van der Waals surface area (Å²) in [5, 5.41) is 3.49. The molecule has 1 saturated heterocycles. The van der Waals surface area contributed by atoms with Crippen molar-refractivity contribution in [3.8, 4) is 11.5 Å². The summed E-state index contributed by atoms with van der Waals surface area (Å²) < 4.78 is 24.3. The smallest absolute Gasteiger partial charge is 0.305 e. The number of rotatable bonds is 6. The first-order valence-electron chi connectivity index (χ1n) is 13.3. The molecule has 2 aromatic carbocycles. The summed E-state index contributed by atoms with van der Waals surface area (Å²) in [6, 6.07) is 11.1. The van der Waals surface area contributed by atoms with Crippen LogP contribution in [0.15, 0.2) is 52.3 Å². The predicted molar refractivity (Wildman–Crippen MR) is 150 cm³/mol. The Morgan fingerprint density at radius 1 is 1.02 bits per heavy atom. The lowest BCUT2D eigenvalue weighted by Gasteiger charge is -2.43. The number of ether oxygens (including phenoxy) is 2. The van der Waals surface area contributed by atoms with Gasteiger partial charge in [0.15, 0.2) is 11.5 Å². The van der Waals surface area contributed by atoms with Gasteiger partial charge in [-0.1, -0.05) is 17.4 Å². The molecule has 3 fully saturated rings. The van der Waals surface area contributed by atoms with Gasteiger partial charge in [0.2, 0.25) is 17.7 Å². The van der Waals surface area contributed by atoms with Crippen molar-refractivity contribution in [2.45, 2.75) is 22.6 Å². The summed E-state index contributed by atoms with van der Waals surface area (Å²) in [6.45, 7) is -0.385. The first-order chi connectivity index (χ1) is 19.8. The molecule has 12 heteroatoms. The number of thioether (sulfide) groups is 1. The molecule has 0 spiro atoms. The maximum absolute atomic E-state index is 13.7. The highest BCUT2D eigenvalue weighted by Crippen LogP contribution is 2.68. The van der Waals surface area contributed by atoms with Crippen LogP contribution in [0, 0.1) is 35.4 Å². The van der Waals surface area contributed by atoms with Gasteiger partial charge in [0.25, 0.3) is 0 Å². The molecular formula is C29H26FN3O6S2. The fourth-order valence-corrected chi connectivity index (χ4v) is 10.4. The third-order valence-electron chi connectivity index (χ3n) is 9.01. The minimum absolute atomic E-state index is 0.0213. The maximum Gasteiger partial charge on any atom is 0.305 e. The maximum atomic E-state index is 13.7. The van der Waals surface area contributed by atoms with Crippen molar-refractivity contribution in [3.63, 3.8) is 0 Å². The minimum atomic E-state index is -0.514. The number of nitrogens with zero attached hydrogens (tertiary/aromatic N) is 1. The van der Waals surface area contributed by atoms with Gasteiger partial charge in [0.05, 0.1) is 31.1 Å². The first-order valence-corrected chi connectivity index (χ1v) is 15.0. The standard InChI is InChI=1S/C29H26FN3O6S2/c1-38-17-8-3-12(9-18(17)39-2)20-21-15-10-16(24(21)40-26-25(20)41-29(37)32-26)23-22(15)27(35)33(28(23)36)11-19(34)31-14-6-4-13(30)5-7-14/h3-9,15-16,20-24H,10-11H2,1-2H3,(H,31,34)(H,32,37). The monoisotopic (exact) mass is 595 g/mol. The minimum Gasteiger partial charge on any atom is -0.493 e. The average molecular weight is 596 g/mol. The molecule has 0 radical (unpaired) electrons. The summed E-state index contributed by atoms with van der Waals surface area (Å²) in [4.78, 5) is 57.5. The number of H-pyrrole nitrogens is 1. The van der Waals surface area contributed by atoms with Gasteiger partial charge in [0, 0.05) is 21.7 Å². The number of benzene rings is 2. The van der Waals surface area contributed by atoms with Crippen LogP contribution in [0.1, 0.15) is 22.8 Å². The number of nitrogens with one attached hydrogen (secondary N) is 2. The van der Waals surface area contributed by atoms with Crippen LogP contribution in [-0.4, -0.2) is 53.6 Å². The Kier molecular flexibility index (Phi) is 6.23. The lowest BCUT2D eigenvalue weighted by molar-refractivity contribution is -0.143. The fraction of sp³-hybridized carbons (Fsp3) is 0.379. The van der Waals surface area contributed by atoms with Crippen LogP contribution in [0.3, 0.4) is 0 Å². The molecule has 7 rings (SSSR count). The van der Waals surface area contributed by atoms with Crippen LogP contribution in [0.5, 0.6) is 11.5 Å². The van der Waals surface area contributed by atoms with Crippen molar-refractivity contribution in [2.75, 3.05) is 26.1 Å². The van der Waals surface area contributed by atoms with E-state index in [1.807, 2.05) is 18.2 Å². The molecule has 2 aliphatic carbocycles. The Balaban J connectivity index is 1.20. The van der Waals surface area contributed by atoms with Gasteiger partial charge < -0.3 is 19.8 Å². The molecule has 9 nitrogen and oxygen atoms in total. The number of thiazole rings is 1. The van der Waals surface area contributed by atoms with Crippen molar-refractivity contribution >= 4 is 46.5 Å². The summed E-state index contributed by atoms with van der Waals surface area (Å²) in [7, 11) is 3.15. The van der Waals surface area contributed by atoms with Crippen LogP contribution in [0.2, 0.25) is 0 Å². The number of halogens is 1. The molecule has 41 heavy (non-hydrogen) atoms.